The molecule has 0 aliphatic heterocycles. The van der Waals surface area contributed by atoms with Gasteiger partial charge in [0.1, 0.15) is 11.6 Å². The van der Waals surface area contributed by atoms with Crippen molar-refractivity contribution in [1.29, 1.82) is 0 Å². The molecule has 0 saturated heterocycles. The first kappa shape index (κ1) is 21.0. The van der Waals surface area contributed by atoms with E-state index in [2.05, 4.69) is 10.6 Å². The first-order valence-corrected chi connectivity index (χ1v) is 9.64. The van der Waals surface area contributed by atoms with E-state index < -0.39 is 11.7 Å². The number of rotatable bonds is 7. The molecular weight excluding hydrogens is 414 g/mol. The third-order valence-corrected chi connectivity index (χ3v) is 4.96. The van der Waals surface area contributed by atoms with Gasteiger partial charge in [0.25, 0.3) is 5.91 Å². The third kappa shape index (κ3) is 5.62. The lowest BCUT2D eigenvalue weighted by Crippen LogP contribution is -2.20. The Labute approximate surface area is 178 Å². The van der Waals surface area contributed by atoms with Gasteiger partial charge < -0.3 is 15.4 Å². The van der Waals surface area contributed by atoms with E-state index in [1.807, 2.05) is 31.2 Å². The maximum Gasteiger partial charge on any atom is 0.262 e. The monoisotopic (exact) mass is 432 g/mol. The van der Waals surface area contributed by atoms with E-state index in [9.17, 15) is 9.18 Å². The Hall–Kier alpha value is -2.76. The lowest BCUT2D eigenvalue weighted by molar-refractivity contribution is -0.118. The van der Waals surface area contributed by atoms with Crippen LogP contribution < -0.4 is 15.4 Å². The van der Waals surface area contributed by atoms with Crippen molar-refractivity contribution in [2.75, 3.05) is 17.2 Å². The van der Waals surface area contributed by atoms with Crippen molar-refractivity contribution in [3.8, 4) is 5.75 Å². The van der Waals surface area contributed by atoms with E-state index in [0.717, 1.165) is 16.8 Å². The molecule has 2 N–H and O–H groups in total. The molecule has 150 valence electrons. The number of anilines is 2. The van der Waals surface area contributed by atoms with Crippen molar-refractivity contribution < 1.29 is 13.9 Å². The van der Waals surface area contributed by atoms with Crippen molar-refractivity contribution in [2.45, 2.75) is 13.5 Å². The average Bonchev–Trinajstić information content (AvgIpc) is 2.70. The number of hydrogen-bond donors (Lipinski definition) is 2. The van der Waals surface area contributed by atoms with E-state index in [1.165, 1.54) is 12.1 Å². The Bertz CT molecular complexity index is 1030. The van der Waals surface area contributed by atoms with Crippen LogP contribution in [0.4, 0.5) is 15.8 Å². The number of amides is 1. The quantitative estimate of drug-likeness (QED) is 0.476. The van der Waals surface area contributed by atoms with E-state index in [4.69, 9.17) is 27.9 Å². The summed E-state index contributed by atoms with van der Waals surface area (Å²) in [7, 11) is 0. The van der Waals surface area contributed by atoms with Gasteiger partial charge in [-0.25, -0.2) is 4.39 Å². The molecule has 3 rings (SSSR count). The van der Waals surface area contributed by atoms with Gasteiger partial charge in [-0.2, -0.15) is 0 Å². The van der Waals surface area contributed by atoms with Crippen molar-refractivity contribution >= 4 is 40.5 Å². The SMILES string of the molecule is Cc1c(Cl)cccc1NCc1ccc(OCC(=O)Nc2ccccc2F)c(Cl)c1. The lowest BCUT2D eigenvalue weighted by Gasteiger charge is -2.13. The van der Waals surface area contributed by atoms with Crippen LogP contribution in [0.15, 0.2) is 60.7 Å². The largest absolute Gasteiger partial charge is 0.482 e. The Morgan fingerprint density at radius 3 is 2.52 bits per heavy atom. The summed E-state index contributed by atoms with van der Waals surface area (Å²) in [4.78, 5) is 12.0. The second-order valence-electron chi connectivity index (χ2n) is 6.35. The highest BCUT2D eigenvalue weighted by atomic mass is 35.5. The molecule has 4 nitrogen and oxygen atoms in total. The summed E-state index contributed by atoms with van der Waals surface area (Å²) in [6.45, 7) is 2.21. The fourth-order valence-corrected chi connectivity index (χ4v) is 3.09. The van der Waals surface area contributed by atoms with Crippen molar-refractivity contribution in [3.05, 3.63) is 87.7 Å². The van der Waals surface area contributed by atoms with E-state index in [1.54, 1.807) is 24.3 Å². The highest BCUT2D eigenvalue weighted by molar-refractivity contribution is 6.32. The predicted molar refractivity (Wildman–Crippen MR) is 115 cm³/mol. The minimum atomic E-state index is -0.509. The van der Waals surface area contributed by atoms with Gasteiger partial charge in [0.2, 0.25) is 0 Å². The maximum absolute atomic E-state index is 13.6. The standard InChI is InChI=1S/C22H19Cl2FN2O2/c1-14-16(23)5-4-8-19(14)26-12-15-9-10-21(17(24)11-15)29-13-22(28)27-20-7-3-2-6-18(20)25/h2-11,26H,12-13H2,1H3,(H,27,28). The first-order chi connectivity index (χ1) is 13.9. The Kier molecular flexibility index (Phi) is 6.96. The molecule has 0 aromatic heterocycles. The van der Waals surface area contributed by atoms with Gasteiger partial charge in [-0.3, -0.25) is 4.79 Å². The zero-order valence-corrected chi connectivity index (χ0v) is 17.1. The number of carbonyl (C=O) groups excluding carboxylic acids is 1. The fraction of sp³-hybridized carbons (Fsp3) is 0.136. The number of ether oxygens (including phenoxy) is 1. The molecule has 3 aromatic rings. The molecule has 0 radical (unpaired) electrons. The molecule has 0 bridgehead atoms. The topological polar surface area (TPSA) is 50.4 Å². The van der Waals surface area contributed by atoms with Crippen molar-refractivity contribution in [3.63, 3.8) is 0 Å². The Morgan fingerprint density at radius 1 is 1.00 bits per heavy atom. The summed E-state index contributed by atoms with van der Waals surface area (Å²) in [5.41, 5.74) is 2.96. The second kappa shape index (κ2) is 9.63. The second-order valence-corrected chi connectivity index (χ2v) is 7.16. The summed E-state index contributed by atoms with van der Waals surface area (Å²) < 4.78 is 19.0. The molecule has 0 heterocycles. The molecular formula is C22H19Cl2FN2O2. The van der Waals surface area contributed by atoms with Gasteiger partial charge in [-0.05, 0) is 54.4 Å². The van der Waals surface area contributed by atoms with Gasteiger partial charge in [0.05, 0.1) is 10.7 Å². The van der Waals surface area contributed by atoms with E-state index in [-0.39, 0.29) is 12.3 Å². The van der Waals surface area contributed by atoms with Crippen LogP contribution in [0.2, 0.25) is 10.0 Å². The Morgan fingerprint density at radius 2 is 1.76 bits per heavy atom. The highest BCUT2D eigenvalue weighted by Crippen LogP contribution is 2.27. The molecule has 3 aromatic carbocycles. The zero-order valence-electron chi connectivity index (χ0n) is 15.6. The molecule has 29 heavy (non-hydrogen) atoms. The average molecular weight is 433 g/mol. The normalized spacial score (nSPS) is 10.5. The minimum absolute atomic E-state index is 0.102. The molecule has 0 atom stereocenters. The van der Waals surface area contributed by atoms with Crippen LogP contribution in [0.25, 0.3) is 0 Å². The van der Waals surface area contributed by atoms with Gasteiger partial charge in [-0.1, -0.05) is 47.5 Å². The van der Waals surface area contributed by atoms with Gasteiger partial charge >= 0.3 is 0 Å². The summed E-state index contributed by atoms with van der Waals surface area (Å²) >= 11 is 12.4. The van der Waals surface area contributed by atoms with Gasteiger partial charge in [-0.15, -0.1) is 0 Å². The van der Waals surface area contributed by atoms with Crippen LogP contribution in [0, 0.1) is 12.7 Å². The first-order valence-electron chi connectivity index (χ1n) is 8.88. The summed E-state index contributed by atoms with van der Waals surface area (Å²) in [5.74, 6) is -0.614. The molecule has 0 aliphatic carbocycles. The predicted octanol–water partition coefficient (Wildman–Crippen LogP) is 6.07. The number of benzene rings is 3. The number of nitrogens with one attached hydrogen (secondary N) is 2. The molecule has 7 heteroatoms. The van der Waals surface area contributed by atoms with Crippen molar-refractivity contribution in [2.24, 2.45) is 0 Å². The summed E-state index contributed by atoms with van der Waals surface area (Å²) in [6.07, 6.45) is 0. The third-order valence-electron chi connectivity index (χ3n) is 4.25. The van der Waals surface area contributed by atoms with Crippen LogP contribution >= 0.6 is 23.2 Å². The van der Waals surface area contributed by atoms with Gasteiger partial charge in [0, 0.05) is 17.3 Å². The van der Waals surface area contributed by atoms with Crippen molar-refractivity contribution in [1.82, 2.24) is 0 Å². The smallest absolute Gasteiger partial charge is 0.262 e. The summed E-state index contributed by atoms with van der Waals surface area (Å²) in [5, 5.41) is 6.85. The molecule has 0 unspecified atom stereocenters. The highest BCUT2D eigenvalue weighted by Gasteiger charge is 2.10. The number of halogens is 3. The summed E-state index contributed by atoms with van der Waals surface area (Å²) in [6, 6.07) is 16.9. The molecule has 0 saturated carbocycles. The van der Waals surface area contributed by atoms with E-state index >= 15 is 0 Å². The van der Waals surface area contributed by atoms with E-state index in [0.29, 0.717) is 22.3 Å². The molecule has 0 fully saturated rings. The van der Waals surface area contributed by atoms with Gasteiger partial charge in [0.15, 0.2) is 6.61 Å². The number of hydrogen-bond acceptors (Lipinski definition) is 3. The molecule has 1 amide bonds. The Balaban J connectivity index is 1.56. The maximum atomic E-state index is 13.6. The molecule has 0 spiro atoms. The van der Waals surface area contributed by atoms with Crippen LogP contribution in [-0.4, -0.2) is 12.5 Å². The number of carbonyl (C=O) groups is 1. The van der Waals surface area contributed by atoms with Crippen LogP contribution in [0.5, 0.6) is 5.75 Å². The lowest BCUT2D eigenvalue weighted by atomic mass is 10.1. The fourth-order valence-electron chi connectivity index (χ4n) is 2.66. The van der Waals surface area contributed by atoms with Crippen LogP contribution in [0.3, 0.4) is 0 Å². The minimum Gasteiger partial charge on any atom is -0.482 e. The van der Waals surface area contributed by atoms with Crippen LogP contribution in [0.1, 0.15) is 11.1 Å². The number of para-hydroxylation sites is 1. The van der Waals surface area contributed by atoms with Crippen LogP contribution in [-0.2, 0) is 11.3 Å². The zero-order chi connectivity index (χ0) is 20.8. The molecule has 0 aliphatic rings.